The summed E-state index contributed by atoms with van der Waals surface area (Å²) in [5, 5.41) is 17.1. The average molecular weight is 499 g/mol. The molecule has 4 rings (SSSR count). The Balaban J connectivity index is 1.87. The Morgan fingerprint density at radius 1 is 1.20 bits per heavy atom. The smallest absolute Gasteiger partial charge is 0.335 e. The van der Waals surface area contributed by atoms with Crippen molar-refractivity contribution in [3.63, 3.8) is 0 Å². The van der Waals surface area contributed by atoms with Gasteiger partial charge in [-0.1, -0.05) is 24.6 Å². The van der Waals surface area contributed by atoms with Crippen molar-refractivity contribution in [2.45, 2.75) is 25.8 Å². The highest BCUT2D eigenvalue weighted by atomic mass is 35.5. The van der Waals surface area contributed by atoms with Crippen molar-refractivity contribution in [1.82, 2.24) is 14.6 Å². The number of carbonyl (C=O) groups is 1. The number of amides is 1. The standard InChI is InChI=1S/C24H23ClN4O6/c1-4-20(30)29-18(16-11-15(34-2)8-9-19(16)35-3)12-17(27-29)21-22(31)26-24(33)28(23(21)32)14-7-5-6-13(25)10-14/h5-11,18,32H,4,12H2,1-3H3,(H,26,31,33)/t18-/m0/s1. The Kier molecular flexibility index (Phi) is 6.65. The van der Waals surface area contributed by atoms with E-state index in [-0.39, 0.29) is 35.7 Å². The summed E-state index contributed by atoms with van der Waals surface area (Å²) in [6.45, 7) is 1.69. The molecule has 1 aliphatic rings. The minimum atomic E-state index is -0.843. The molecule has 1 amide bonds. The Hall–Kier alpha value is -4.05. The molecule has 2 aromatic carbocycles. The number of carbonyl (C=O) groups excluding carboxylic acids is 1. The van der Waals surface area contributed by atoms with Crippen molar-refractivity contribution in [2.24, 2.45) is 5.10 Å². The number of nitrogens with zero attached hydrogens (tertiary/aromatic N) is 3. The summed E-state index contributed by atoms with van der Waals surface area (Å²) < 4.78 is 11.8. The van der Waals surface area contributed by atoms with Gasteiger partial charge in [0.05, 0.1) is 31.7 Å². The van der Waals surface area contributed by atoms with E-state index in [2.05, 4.69) is 10.1 Å². The van der Waals surface area contributed by atoms with Crippen LogP contribution in [0, 0.1) is 0 Å². The van der Waals surface area contributed by atoms with Crippen LogP contribution in [-0.2, 0) is 4.79 Å². The molecule has 0 saturated carbocycles. The lowest BCUT2D eigenvalue weighted by Crippen LogP contribution is -2.33. The summed E-state index contributed by atoms with van der Waals surface area (Å²) in [6.07, 6.45) is 0.240. The summed E-state index contributed by atoms with van der Waals surface area (Å²) >= 11 is 6.05. The molecular weight excluding hydrogens is 476 g/mol. The molecule has 182 valence electrons. The second-order valence-corrected chi connectivity index (χ2v) is 8.18. The van der Waals surface area contributed by atoms with E-state index in [1.165, 1.54) is 25.3 Å². The van der Waals surface area contributed by atoms with Gasteiger partial charge in [0.25, 0.3) is 5.56 Å². The van der Waals surface area contributed by atoms with Crippen LogP contribution in [0.4, 0.5) is 0 Å². The average Bonchev–Trinajstić information content (AvgIpc) is 3.27. The number of aromatic hydroxyl groups is 1. The van der Waals surface area contributed by atoms with Crippen molar-refractivity contribution in [3.8, 4) is 23.1 Å². The van der Waals surface area contributed by atoms with E-state index in [1.54, 1.807) is 43.3 Å². The predicted molar refractivity (Wildman–Crippen MR) is 130 cm³/mol. The zero-order valence-electron chi connectivity index (χ0n) is 19.2. The number of aromatic amines is 1. The minimum absolute atomic E-state index is 0.0830. The third-order valence-electron chi connectivity index (χ3n) is 5.71. The molecule has 0 unspecified atom stereocenters. The molecule has 1 atom stereocenters. The number of benzene rings is 2. The summed E-state index contributed by atoms with van der Waals surface area (Å²) in [7, 11) is 3.03. The maximum absolute atomic E-state index is 12.8. The van der Waals surface area contributed by atoms with Crippen LogP contribution in [0.25, 0.3) is 5.69 Å². The van der Waals surface area contributed by atoms with Crippen LogP contribution in [0.2, 0.25) is 5.02 Å². The number of H-pyrrole nitrogens is 1. The number of ether oxygens (including phenoxy) is 2. The van der Waals surface area contributed by atoms with E-state index in [9.17, 15) is 19.5 Å². The number of methoxy groups -OCH3 is 2. The molecule has 0 aliphatic carbocycles. The molecule has 0 bridgehead atoms. The molecule has 11 heteroatoms. The number of hydrogen-bond donors (Lipinski definition) is 2. The second-order valence-electron chi connectivity index (χ2n) is 7.74. The van der Waals surface area contributed by atoms with E-state index in [4.69, 9.17) is 21.1 Å². The fraction of sp³-hybridized carbons (Fsp3) is 0.250. The van der Waals surface area contributed by atoms with E-state index < -0.39 is 23.2 Å². The van der Waals surface area contributed by atoms with Crippen LogP contribution in [0.3, 0.4) is 0 Å². The summed E-state index contributed by atoms with van der Waals surface area (Å²) in [4.78, 5) is 40.4. The Labute approximate surface area is 205 Å². The summed E-state index contributed by atoms with van der Waals surface area (Å²) in [5.74, 6) is 0.146. The minimum Gasteiger partial charge on any atom is -0.497 e. The molecular formula is C24H23ClN4O6. The van der Waals surface area contributed by atoms with Gasteiger partial charge in [0.15, 0.2) is 0 Å². The van der Waals surface area contributed by atoms with Gasteiger partial charge >= 0.3 is 5.69 Å². The van der Waals surface area contributed by atoms with Gasteiger partial charge < -0.3 is 14.6 Å². The highest BCUT2D eigenvalue weighted by Crippen LogP contribution is 2.40. The van der Waals surface area contributed by atoms with Gasteiger partial charge in [0.1, 0.15) is 17.1 Å². The van der Waals surface area contributed by atoms with Crippen LogP contribution >= 0.6 is 11.6 Å². The maximum Gasteiger partial charge on any atom is 0.335 e. The Morgan fingerprint density at radius 3 is 2.63 bits per heavy atom. The van der Waals surface area contributed by atoms with Crippen molar-refractivity contribution < 1.29 is 19.4 Å². The number of halogens is 1. The monoisotopic (exact) mass is 498 g/mol. The first kappa shape index (κ1) is 24.1. The highest BCUT2D eigenvalue weighted by molar-refractivity contribution is 6.30. The van der Waals surface area contributed by atoms with E-state index in [0.29, 0.717) is 22.1 Å². The second kappa shape index (κ2) is 9.67. The van der Waals surface area contributed by atoms with Crippen molar-refractivity contribution in [2.75, 3.05) is 14.2 Å². The fourth-order valence-corrected chi connectivity index (χ4v) is 4.22. The zero-order chi connectivity index (χ0) is 25.3. The fourth-order valence-electron chi connectivity index (χ4n) is 4.04. The molecule has 2 heterocycles. The zero-order valence-corrected chi connectivity index (χ0v) is 20.0. The van der Waals surface area contributed by atoms with Gasteiger partial charge in [-0.05, 0) is 36.4 Å². The molecule has 2 N–H and O–H groups in total. The SMILES string of the molecule is CCC(=O)N1N=C(c2c(O)n(-c3cccc(Cl)c3)c(=O)[nH]c2=O)C[C@H]1c1cc(OC)ccc1OC. The van der Waals surface area contributed by atoms with Gasteiger partial charge in [-0.3, -0.25) is 14.6 Å². The first-order chi connectivity index (χ1) is 16.8. The maximum atomic E-state index is 12.8. The number of nitrogens with one attached hydrogen (secondary N) is 1. The third-order valence-corrected chi connectivity index (χ3v) is 5.94. The van der Waals surface area contributed by atoms with Crippen molar-refractivity contribution in [3.05, 3.63) is 79.5 Å². The molecule has 3 aromatic rings. The lowest BCUT2D eigenvalue weighted by molar-refractivity contribution is -0.132. The molecule has 0 radical (unpaired) electrons. The Bertz CT molecular complexity index is 1440. The van der Waals surface area contributed by atoms with Crippen LogP contribution < -0.4 is 20.7 Å². The molecule has 10 nitrogen and oxygen atoms in total. The highest BCUT2D eigenvalue weighted by Gasteiger charge is 2.37. The normalized spacial score (nSPS) is 15.1. The third kappa shape index (κ3) is 4.40. The van der Waals surface area contributed by atoms with Gasteiger partial charge in [-0.15, -0.1) is 0 Å². The summed E-state index contributed by atoms with van der Waals surface area (Å²) in [5.41, 5.74) is -0.884. The molecule has 0 fully saturated rings. The lowest BCUT2D eigenvalue weighted by atomic mass is 9.98. The largest absolute Gasteiger partial charge is 0.497 e. The van der Waals surface area contributed by atoms with Gasteiger partial charge in [-0.2, -0.15) is 5.10 Å². The van der Waals surface area contributed by atoms with Crippen LogP contribution in [0.15, 0.2) is 57.2 Å². The molecule has 0 spiro atoms. The quantitative estimate of drug-likeness (QED) is 0.538. The van der Waals surface area contributed by atoms with Crippen LogP contribution in [0.5, 0.6) is 17.4 Å². The van der Waals surface area contributed by atoms with Crippen LogP contribution in [-0.4, -0.2) is 45.5 Å². The first-order valence-corrected chi connectivity index (χ1v) is 11.1. The molecule has 1 aromatic heterocycles. The number of rotatable bonds is 6. The van der Waals surface area contributed by atoms with Crippen molar-refractivity contribution in [1.29, 1.82) is 0 Å². The van der Waals surface area contributed by atoms with Gasteiger partial charge in [0, 0.05) is 23.4 Å². The van der Waals surface area contributed by atoms with E-state index in [1.807, 2.05) is 0 Å². The summed E-state index contributed by atoms with van der Waals surface area (Å²) in [6, 6.07) is 10.8. The predicted octanol–water partition coefficient (Wildman–Crippen LogP) is 2.99. The van der Waals surface area contributed by atoms with Gasteiger partial charge in [-0.25, -0.2) is 14.4 Å². The molecule has 0 saturated heterocycles. The molecule has 35 heavy (non-hydrogen) atoms. The number of aromatic nitrogens is 2. The Morgan fingerprint density at radius 2 is 1.97 bits per heavy atom. The molecule has 1 aliphatic heterocycles. The van der Waals surface area contributed by atoms with Gasteiger partial charge in [0.2, 0.25) is 11.8 Å². The number of hydrazone groups is 1. The van der Waals surface area contributed by atoms with Crippen molar-refractivity contribution >= 4 is 23.2 Å². The lowest BCUT2D eigenvalue weighted by Gasteiger charge is -2.23. The topological polar surface area (TPSA) is 126 Å². The van der Waals surface area contributed by atoms with Crippen LogP contribution in [0.1, 0.15) is 36.9 Å². The van der Waals surface area contributed by atoms with E-state index >= 15 is 0 Å². The van der Waals surface area contributed by atoms with E-state index in [0.717, 1.165) is 4.57 Å². The first-order valence-electron chi connectivity index (χ1n) is 10.7. The number of hydrogen-bond acceptors (Lipinski definition) is 7.